The molecule has 1 nitrogen and oxygen atoms in total. The Labute approximate surface area is 96.8 Å². The summed E-state index contributed by atoms with van der Waals surface area (Å²) in [5.41, 5.74) is -0.428. The first-order chi connectivity index (χ1) is 7.48. The van der Waals surface area contributed by atoms with Crippen molar-refractivity contribution >= 4 is 11.6 Å². The molecule has 0 aromatic heterocycles. The van der Waals surface area contributed by atoms with Gasteiger partial charge in [0.2, 0.25) is 0 Å². The molecule has 1 aliphatic heterocycles. The molecule has 0 atom stereocenters. The third-order valence-corrected chi connectivity index (χ3v) is 3.11. The number of halogens is 4. The van der Waals surface area contributed by atoms with Crippen LogP contribution in [0.2, 0.25) is 5.02 Å². The normalized spacial score (nSPS) is 17.2. The van der Waals surface area contributed by atoms with Crippen LogP contribution >= 0.6 is 11.6 Å². The van der Waals surface area contributed by atoms with Crippen molar-refractivity contribution in [2.75, 3.05) is 13.1 Å². The average Bonchev–Trinajstić information content (AvgIpc) is 2.11. The van der Waals surface area contributed by atoms with Crippen molar-refractivity contribution < 1.29 is 13.2 Å². The zero-order chi connectivity index (χ0) is 11.8. The maximum Gasteiger partial charge on any atom is 0.416 e. The van der Waals surface area contributed by atoms with Crippen LogP contribution in [0.5, 0.6) is 0 Å². The molecule has 0 saturated carbocycles. The molecule has 0 N–H and O–H groups in total. The molecular weight excluding hydrogens is 239 g/mol. The molecule has 16 heavy (non-hydrogen) atoms. The van der Waals surface area contributed by atoms with Crippen molar-refractivity contribution in [1.82, 2.24) is 4.90 Å². The number of hydrogen-bond acceptors (Lipinski definition) is 1. The van der Waals surface area contributed by atoms with Crippen LogP contribution in [0.1, 0.15) is 17.5 Å². The van der Waals surface area contributed by atoms with Crippen molar-refractivity contribution in [1.29, 1.82) is 0 Å². The summed E-state index contributed by atoms with van der Waals surface area (Å²) in [6, 6.07) is 3.93. The van der Waals surface area contributed by atoms with Gasteiger partial charge in [0.05, 0.1) is 5.56 Å². The first-order valence-electron chi connectivity index (χ1n) is 5.05. The van der Waals surface area contributed by atoms with Gasteiger partial charge in [-0.1, -0.05) is 17.7 Å². The lowest BCUT2D eigenvalue weighted by Gasteiger charge is -2.31. The summed E-state index contributed by atoms with van der Waals surface area (Å²) in [5.74, 6) is 0. The van der Waals surface area contributed by atoms with Gasteiger partial charge in [0.1, 0.15) is 0 Å². The smallest absolute Gasteiger partial charge is 0.299 e. The third-order valence-electron chi connectivity index (χ3n) is 2.75. The quantitative estimate of drug-likeness (QED) is 0.775. The number of alkyl halides is 3. The Bertz CT molecular complexity index is 385. The molecule has 1 heterocycles. The molecule has 0 radical (unpaired) electrons. The van der Waals surface area contributed by atoms with E-state index in [0.29, 0.717) is 0 Å². The summed E-state index contributed by atoms with van der Waals surface area (Å²) in [6.07, 6.45) is -3.28. The Morgan fingerprint density at radius 1 is 1.25 bits per heavy atom. The maximum atomic E-state index is 12.7. The third kappa shape index (κ3) is 2.33. The van der Waals surface area contributed by atoms with Gasteiger partial charge in [-0.05, 0) is 37.2 Å². The highest BCUT2D eigenvalue weighted by atomic mass is 35.5. The lowest BCUT2D eigenvalue weighted by atomic mass is 10.0. The van der Waals surface area contributed by atoms with E-state index in [1.165, 1.54) is 12.1 Å². The second kappa shape index (κ2) is 4.26. The lowest BCUT2D eigenvalue weighted by Crippen LogP contribution is -2.37. The predicted molar refractivity (Wildman–Crippen MR) is 56.3 cm³/mol. The van der Waals surface area contributed by atoms with Gasteiger partial charge in [0.15, 0.2) is 0 Å². The van der Waals surface area contributed by atoms with Crippen LogP contribution in [-0.2, 0) is 12.7 Å². The van der Waals surface area contributed by atoms with E-state index in [0.717, 1.165) is 25.6 Å². The zero-order valence-corrected chi connectivity index (χ0v) is 9.28. The largest absolute Gasteiger partial charge is 0.416 e. The van der Waals surface area contributed by atoms with Gasteiger partial charge >= 0.3 is 6.18 Å². The van der Waals surface area contributed by atoms with E-state index in [9.17, 15) is 13.2 Å². The van der Waals surface area contributed by atoms with Crippen molar-refractivity contribution in [3.05, 3.63) is 34.3 Å². The fourth-order valence-corrected chi connectivity index (χ4v) is 1.98. The van der Waals surface area contributed by atoms with Crippen molar-refractivity contribution in [2.24, 2.45) is 0 Å². The van der Waals surface area contributed by atoms with Crippen LogP contribution in [0, 0.1) is 0 Å². The minimum atomic E-state index is -4.33. The van der Waals surface area contributed by atoms with Gasteiger partial charge in [0.25, 0.3) is 0 Å². The van der Waals surface area contributed by atoms with Crippen molar-refractivity contribution in [3.8, 4) is 0 Å². The summed E-state index contributed by atoms with van der Waals surface area (Å²) < 4.78 is 38.2. The van der Waals surface area contributed by atoms with E-state index in [1.807, 2.05) is 4.90 Å². The van der Waals surface area contributed by atoms with Crippen molar-refractivity contribution in [3.63, 3.8) is 0 Å². The topological polar surface area (TPSA) is 3.24 Å². The predicted octanol–water partition coefficient (Wildman–Crippen LogP) is 3.56. The van der Waals surface area contributed by atoms with E-state index in [4.69, 9.17) is 11.6 Å². The summed E-state index contributed by atoms with van der Waals surface area (Å²) in [6.45, 7) is 1.99. The highest BCUT2D eigenvalue weighted by molar-refractivity contribution is 6.31. The number of rotatable bonds is 2. The molecule has 0 unspecified atom stereocenters. The number of nitrogens with zero attached hydrogens (tertiary/aromatic N) is 1. The molecule has 1 aromatic rings. The fraction of sp³-hybridized carbons (Fsp3) is 0.455. The van der Waals surface area contributed by atoms with E-state index in [-0.39, 0.29) is 17.1 Å². The summed E-state index contributed by atoms with van der Waals surface area (Å²) in [4.78, 5) is 1.95. The van der Waals surface area contributed by atoms with Crippen LogP contribution in [0.4, 0.5) is 13.2 Å². The van der Waals surface area contributed by atoms with Crippen LogP contribution in [-0.4, -0.2) is 18.0 Å². The number of benzene rings is 1. The molecule has 1 aliphatic rings. The Morgan fingerprint density at radius 2 is 1.94 bits per heavy atom. The Morgan fingerprint density at radius 3 is 2.44 bits per heavy atom. The molecular formula is C11H11ClF3N. The van der Waals surface area contributed by atoms with E-state index in [2.05, 4.69) is 0 Å². The Balaban J connectivity index is 2.32. The van der Waals surface area contributed by atoms with Gasteiger partial charge in [-0.15, -0.1) is 0 Å². The number of likely N-dealkylation sites (tertiary alicyclic amines) is 1. The van der Waals surface area contributed by atoms with Crippen LogP contribution in [0.15, 0.2) is 18.2 Å². The molecule has 0 bridgehead atoms. The fourth-order valence-electron chi connectivity index (χ4n) is 1.75. The van der Waals surface area contributed by atoms with Gasteiger partial charge in [-0.25, -0.2) is 0 Å². The minimum Gasteiger partial charge on any atom is -0.299 e. The first-order valence-corrected chi connectivity index (χ1v) is 5.43. The van der Waals surface area contributed by atoms with Gasteiger partial charge in [0, 0.05) is 11.6 Å². The van der Waals surface area contributed by atoms with Gasteiger partial charge in [-0.2, -0.15) is 13.2 Å². The SMILES string of the molecule is FC(F)(F)c1cccc(Cl)c1CN1CCC1. The lowest BCUT2D eigenvalue weighted by molar-refractivity contribution is -0.138. The van der Waals surface area contributed by atoms with Gasteiger partial charge in [-0.3, -0.25) is 4.90 Å². The van der Waals surface area contributed by atoms with Crippen LogP contribution in [0.25, 0.3) is 0 Å². The van der Waals surface area contributed by atoms with Crippen LogP contribution in [0.3, 0.4) is 0 Å². The molecule has 1 fully saturated rings. The van der Waals surface area contributed by atoms with Crippen LogP contribution < -0.4 is 0 Å². The second-order valence-corrected chi connectivity index (χ2v) is 4.30. The highest BCUT2D eigenvalue weighted by Gasteiger charge is 2.34. The second-order valence-electron chi connectivity index (χ2n) is 3.89. The van der Waals surface area contributed by atoms with Gasteiger partial charge < -0.3 is 0 Å². The van der Waals surface area contributed by atoms with Crippen molar-refractivity contribution in [2.45, 2.75) is 19.1 Å². The summed E-state index contributed by atoms with van der Waals surface area (Å²) in [5, 5.41) is 0.196. The molecule has 5 heteroatoms. The minimum absolute atomic E-state index is 0.191. The number of hydrogen-bond donors (Lipinski definition) is 0. The molecule has 2 rings (SSSR count). The van der Waals surface area contributed by atoms with E-state index < -0.39 is 11.7 Å². The standard InChI is InChI=1S/C11H11ClF3N/c12-10-4-1-3-9(11(13,14)15)8(10)7-16-5-2-6-16/h1,3-4H,2,5-7H2. The Kier molecular flexibility index (Phi) is 3.13. The molecule has 0 spiro atoms. The molecule has 88 valence electrons. The van der Waals surface area contributed by atoms with E-state index in [1.54, 1.807) is 0 Å². The molecule has 1 aromatic carbocycles. The average molecular weight is 250 g/mol. The molecule has 0 amide bonds. The summed E-state index contributed by atoms with van der Waals surface area (Å²) >= 11 is 5.83. The zero-order valence-electron chi connectivity index (χ0n) is 8.52. The molecule has 0 aliphatic carbocycles. The monoisotopic (exact) mass is 249 g/mol. The Hall–Kier alpha value is -0.740. The molecule has 1 saturated heterocycles. The summed E-state index contributed by atoms with van der Waals surface area (Å²) in [7, 11) is 0. The maximum absolute atomic E-state index is 12.7. The highest BCUT2D eigenvalue weighted by Crippen LogP contribution is 2.36. The first kappa shape index (κ1) is 11.7. The van der Waals surface area contributed by atoms with E-state index >= 15 is 0 Å².